The number of aromatic nitrogens is 1. The maximum absolute atomic E-state index is 12.3. The van der Waals surface area contributed by atoms with Crippen molar-refractivity contribution in [1.82, 2.24) is 9.88 Å². The normalized spacial score (nSPS) is 12.6. The van der Waals surface area contributed by atoms with Crippen LogP contribution in [0.25, 0.3) is 0 Å². The largest absolute Gasteiger partial charge is 0.494 e. The standard InChI is InChI=1S/C15H19N3O5S/c1-4-22-12-5-7-13(8-6-12)24(20,21)18-11(3)15(19)16-14-9-10(2)23-17-14/h5-9,11,18H,4H2,1-3H3,(H,16,17,19)/t11-/m1/s1. The van der Waals surface area contributed by atoms with Crippen LogP contribution >= 0.6 is 0 Å². The SMILES string of the molecule is CCOc1ccc(S(=O)(=O)N[C@H](C)C(=O)Nc2cc(C)on2)cc1. The minimum absolute atomic E-state index is 0.0443. The Hall–Kier alpha value is -2.39. The number of carbonyl (C=O) groups excluding carboxylic acids is 1. The summed E-state index contributed by atoms with van der Waals surface area (Å²) in [6, 6.07) is 6.49. The van der Waals surface area contributed by atoms with E-state index in [2.05, 4.69) is 15.2 Å². The number of nitrogens with zero attached hydrogens (tertiary/aromatic N) is 1. The van der Waals surface area contributed by atoms with Crippen LogP contribution in [0.2, 0.25) is 0 Å². The number of amides is 1. The van der Waals surface area contributed by atoms with Crippen LogP contribution in [-0.4, -0.2) is 32.1 Å². The summed E-state index contributed by atoms with van der Waals surface area (Å²) >= 11 is 0. The minimum atomic E-state index is -3.83. The van der Waals surface area contributed by atoms with Gasteiger partial charge in [0.25, 0.3) is 0 Å². The Morgan fingerprint density at radius 3 is 2.54 bits per heavy atom. The lowest BCUT2D eigenvalue weighted by Crippen LogP contribution is -2.41. The summed E-state index contributed by atoms with van der Waals surface area (Å²) in [5, 5.41) is 6.09. The molecule has 0 aliphatic rings. The van der Waals surface area contributed by atoms with E-state index in [9.17, 15) is 13.2 Å². The van der Waals surface area contributed by atoms with Gasteiger partial charge in [0, 0.05) is 6.07 Å². The highest BCUT2D eigenvalue weighted by Crippen LogP contribution is 2.16. The third kappa shape index (κ3) is 4.56. The molecule has 0 unspecified atom stereocenters. The molecule has 0 saturated heterocycles. The molecule has 0 saturated carbocycles. The van der Waals surface area contributed by atoms with Crippen molar-refractivity contribution in [2.75, 3.05) is 11.9 Å². The van der Waals surface area contributed by atoms with Gasteiger partial charge in [0.2, 0.25) is 15.9 Å². The summed E-state index contributed by atoms with van der Waals surface area (Å²) in [4.78, 5) is 12.1. The second-order valence-electron chi connectivity index (χ2n) is 5.06. The average molecular weight is 353 g/mol. The Labute approximate surface area is 140 Å². The molecule has 130 valence electrons. The summed E-state index contributed by atoms with van der Waals surface area (Å²) in [6.07, 6.45) is 0. The van der Waals surface area contributed by atoms with Crippen LogP contribution in [-0.2, 0) is 14.8 Å². The monoisotopic (exact) mass is 353 g/mol. The van der Waals surface area contributed by atoms with Crippen molar-refractivity contribution in [3.63, 3.8) is 0 Å². The Morgan fingerprint density at radius 2 is 2.00 bits per heavy atom. The first-order chi connectivity index (χ1) is 11.3. The minimum Gasteiger partial charge on any atom is -0.494 e. The fraction of sp³-hybridized carbons (Fsp3) is 0.333. The molecular weight excluding hydrogens is 334 g/mol. The highest BCUT2D eigenvalue weighted by atomic mass is 32.2. The second kappa shape index (κ2) is 7.45. The average Bonchev–Trinajstić information content (AvgIpc) is 2.93. The van der Waals surface area contributed by atoms with Gasteiger partial charge in [0.1, 0.15) is 11.5 Å². The van der Waals surface area contributed by atoms with Gasteiger partial charge in [-0.15, -0.1) is 0 Å². The van der Waals surface area contributed by atoms with Gasteiger partial charge >= 0.3 is 0 Å². The van der Waals surface area contributed by atoms with E-state index in [0.717, 1.165) is 0 Å². The lowest BCUT2D eigenvalue weighted by atomic mass is 10.3. The van der Waals surface area contributed by atoms with Gasteiger partial charge in [-0.25, -0.2) is 8.42 Å². The predicted octanol–water partition coefficient (Wildman–Crippen LogP) is 1.69. The number of carbonyl (C=O) groups is 1. The molecule has 1 aromatic heterocycles. The van der Waals surface area contributed by atoms with E-state index >= 15 is 0 Å². The summed E-state index contributed by atoms with van der Waals surface area (Å²) in [6.45, 7) is 5.45. The number of hydrogen-bond acceptors (Lipinski definition) is 6. The van der Waals surface area contributed by atoms with Crippen molar-refractivity contribution in [3.05, 3.63) is 36.1 Å². The van der Waals surface area contributed by atoms with Gasteiger partial charge in [-0.05, 0) is 45.0 Å². The van der Waals surface area contributed by atoms with Crippen LogP contribution in [0.15, 0.2) is 39.8 Å². The third-order valence-corrected chi connectivity index (χ3v) is 4.61. The molecule has 2 N–H and O–H groups in total. The zero-order valence-electron chi connectivity index (χ0n) is 13.6. The van der Waals surface area contributed by atoms with E-state index in [0.29, 0.717) is 18.1 Å². The van der Waals surface area contributed by atoms with Gasteiger partial charge in [-0.3, -0.25) is 4.79 Å². The molecule has 9 heteroatoms. The van der Waals surface area contributed by atoms with E-state index < -0.39 is 22.0 Å². The van der Waals surface area contributed by atoms with E-state index in [4.69, 9.17) is 9.26 Å². The Morgan fingerprint density at radius 1 is 1.33 bits per heavy atom. The summed E-state index contributed by atoms with van der Waals surface area (Å²) in [5.41, 5.74) is 0. The highest BCUT2D eigenvalue weighted by molar-refractivity contribution is 7.89. The van der Waals surface area contributed by atoms with Crippen molar-refractivity contribution in [3.8, 4) is 5.75 Å². The molecule has 2 rings (SSSR count). The number of aryl methyl sites for hydroxylation is 1. The van der Waals surface area contributed by atoms with E-state index in [1.165, 1.54) is 25.1 Å². The van der Waals surface area contributed by atoms with Gasteiger partial charge in [-0.1, -0.05) is 5.16 Å². The number of anilines is 1. The maximum Gasteiger partial charge on any atom is 0.243 e. The molecule has 1 amide bonds. The number of rotatable bonds is 7. The zero-order valence-corrected chi connectivity index (χ0v) is 14.4. The zero-order chi connectivity index (χ0) is 17.7. The summed E-state index contributed by atoms with van der Waals surface area (Å²) in [7, 11) is -3.83. The number of hydrogen-bond donors (Lipinski definition) is 2. The summed E-state index contributed by atoms with van der Waals surface area (Å²) < 4.78 is 37.0. The van der Waals surface area contributed by atoms with Gasteiger partial charge in [0.05, 0.1) is 17.5 Å². The lowest BCUT2D eigenvalue weighted by Gasteiger charge is -2.13. The number of benzene rings is 1. The van der Waals surface area contributed by atoms with E-state index in [-0.39, 0.29) is 10.7 Å². The van der Waals surface area contributed by atoms with Crippen LogP contribution in [0.5, 0.6) is 5.75 Å². The molecule has 1 aromatic carbocycles. The molecule has 8 nitrogen and oxygen atoms in total. The summed E-state index contributed by atoms with van der Waals surface area (Å²) in [5.74, 6) is 0.791. The first kappa shape index (κ1) is 18.0. The van der Waals surface area contributed by atoms with Gasteiger partial charge in [-0.2, -0.15) is 4.72 Å². The Balaban J connectivity index is 2.03. The third-order valence-electron chi connectivity index (χ3n) is 3.05. The van der Waals surface area contributed by atoms with Crippen molar-refractivity contribution in [2.24, 2.45) is 0 Å². The molecular formula is C15H19N3O5S. The van der Waals surface area contributed by atoms with Crippen molar-refractivity contribution in [2.45, 2.75) is 31.7 Å². The van der Waals surface area contributed by atoms with E-state index in [1.54, 1.807) is 19.1 Å². The smallest absolute Gasteiger partial charge is 0.243 e. The molecule has 0 fully saturated rings. The van der Waals surface area contributed by atoms with Crippen LogP contribution in [0.1, 0.15) is 19.6 Å². The molecule has 0 aliphatic carbocycles. The first-order valence-electron chi connectivity index (χ1n) is 7.31. The quantitative estimate of drug-likeness (QED) is 0.784. The molecule has 0 bridgehead atoms. The molecule has 1 heterocycles. The van der Waals surface area contributed by atoms with E-state index in [1.807, 2.05) is 6.92 Å². The van der Waals surface area contributed by atoms with Crippen LogP contribution < -0.4 is 14.8 Å². The van der Waals surface area contributed by atoms with Crippen LogP contribution in [0.4, 0.5) is 5.82 Å². The molecule has 0 aliphatic heterocycles. The highest BCUT2D eigenvalue weighted by Gasteiger charge is 2.22. The Bertz CT molecular complexity index is 799. The molecule has 0 spiro atoms. The topological polar surface area (TPSA) is 111 Å². The number of ether oxygens (including phenoxy) is 1. The fourth-order valence-corrected chi connectivity index (χ4v) is 3.10. The molecule has 1 atom stereocenters. The van der Waals surface area contributed by atoms with Crippen molar-refractivity contribution in [1.29, 1.82) is 0 Å². The fourth-order valence-electron chi connectivity index (χ4n) is 1.90. The van der Waals surface area contributed by atoms with Crippen LogP contribution in [0.3, 0.4) is 0 Å². The maximum atomic E-state index is 12.3. The molecule has 0 radical (unpaired) electrons. The second-order valence-corrected chi connectivity index (χ2v) is 6.77. The first-order valence-corrected chi connectivity index (χ1v) is 8.79. The molecule has 2 aromatic rings. The Kier molecular flexibility index (Phi) is 5.58. The van der Waals surface area contributed by atoms with Crippen molar-refractivity contribution >= 4 is 21.7 Å². The van der Waals surface area contributed by atoms with Crippen LogP contribution in [0, 0.1) is 6.92 Å². The molecule has 24 heavy (non-hydrogen) atoms. The van der Waals surface area contributed by atoms with Crippen molar-refractivity contribution < 1.29 is 22.5 Å². The van der Waals surface area contributed by atoms with Gasteiger partial charge in [0.15, 0.2) is 5.82 Å². The predicted molar refractivity (Wildman–Crippen MR) is 87.3 cm³/mol. The lowest BCUT2D eigenvalue weighted by molar-refractivity contribution is -0.117. The van der Waals surface area contributed by atoms with Gasteiger partial charge < -0.3 is 14.6 Å². The number of sulfonamides is 1. The number of nitrogens with one attached hydrogen (secondary N) is 2.